The molecule has 5 heteroatoms. The van der Waals surface area contributed by atoms with Crippen LogP contribution in [0, 0.1) is 5.92 Å². The number of ether oxygens (including phenoxy) is 2. The van der Waals surface area contributed by atoms with E-state index < -0.39 is 23.8 Å². The van der Waals surface area contributed by atoms with Crippen LogP contribution in [0.3, 0.4) is 0 Å². The van der Waals surface area contributed by atoms with Gasteiger partial charge < -0.3 is 9.47 Å². The zero-order chi connectivity index (χ0) is 17.1. The van der Waals surface area contributed by atoms with Crippen molar-refractivity contribution >= 4 is 18.2 Å². The van der Waals surface area contributed by atoms with Crippen molar-refractivity contribution in [1.82, 2.24) is 0 Å². The fourth-order valence-electron chi connectivity index (χ4n) is 2.33. The van der Waals surface area contributed by atoms with E-state index in [9.17, 15) is 14.4 Å². The lowest BCUT2D eigenvalue weighted by molar-refractivity contribution is -0.162. The second-order valence-electron chi connectivity index (χ2n) is 4.80. The normalized spacial score (nSPS) is 12.1. The maximum Gasteiger partial charge on any atom is 0.320 e. The van der Waals surface area contributed by atoms with Crippen LogP contribution in [-0.2, 0) is 23.9 Å². The fraction of sp³-hybridized carbons (Fsp3) is 0.389. The lowest BCUT2D eigenvalue weighted by Crippen LogP contribution is -2.33. The smallest absolute Gasteiger partial charge is 0.320 e. The van der Waals surface area contributed by atoms with Gasteiger partial charge in [0.2, 0.25) is 0 Å². The Balaban J connectivity index is 3.18. The number of rotatable bonds is 9. The summed E-state index contributed by atoms with van der Waals surface area (Å²) >= 11 is 0. The van der Waals surface area contributed by atoms with E-state index >= 15 is 0 Å². The summed E-state index contributed by atoms with van der Waals surface area (Å²) in [5, 5.41) is 0. The Morgan fingerprint density at radius 1 is 1.04 bits per heavy atom. The van der Waals surface area contributed by atoms with Crippen molar-refractivity contribution in [3.8, 4) is 0 Å². The summed E-state index contributed by atoms with van der Waals surface area (Å²) in [5.41, 5.74) is 0.814. The third-order valence-electron chi connectivity index (χ3n) is 3.32. The second kappa shape index (κ2) is 10.3. The highest BCUT2D eigenvalue weighted by Gasteiger charge is 2.37. The second-order valence-corrected chi connectivity index (χ2v) is 4.80. The molecule has 0 aliphatic rings. The molecule has 0 N–H and O–H groups in total. The van der Waals surface area contributed by atoms with Gasteiger partial charge in [0.05, 0.1) is 13.2 Å². The van der Waals surface area contributed by atoms with E-state index in [1.807, 2.05) is 30.3 Å². The average molecular weight is 318 g/mol. The van der Waals surface area contributed by atoms with Gasteiger partial charge in [-0.1, -0.05) is 36.4 Å². The Bertz CT molecular complexity index is 518. The van der Waals surface area contributed by atoms with Crippen LogP contribution in [0.25, 0.3) is 0 Å². The van der Waals surface area contributed by atoms with Gasteiger partial charge in [-0.15, -0.1) is 0 Å². The van der Waals surface area contributed by atoms with Crippen molar-refractivity contribution in [2.45, 2.75) is 26.2 Å². The summed E-state index contributed by atoms with van der Waals surface area (Å²) < 4.78 is 10.1. The lowest BCUT2D eigenvalue weighted by atomic mass is 9.83. The molecule has 23 heavy (non-hydrogen) atoms. The molecule has 1 aromatic rings. The minimum atomic E-state index is -1.06. The summed E-state index contributed by atoms with van der Waals surface area (Å²) in [7, 11) is 0. The van der Waals surface area contributed by atoms with Crippen molar-refractivity contribution in [3.63, 3.8) is 0 Å². The number of aldehydes is 1. The van der Waals surface area contributed by atoms with Gasteiger partial charge in [0.1, 0.15) is 6.29 Å². The molecule has 5 nitrogen and oxygen atoms in total. The number of hydrogen-bond donors (Lipinski definition) is 0. The SMILES string of the molecule is CCOC(=O)C(C(=O)OCC)[C@H](C/C=C\C=O)c1ccccc1. The molecule has 1 atom stereocenters. The Morgan fingerprint density at radius 2 is 1.61 bits per heavy atom. The average Bonchev–Trinajstić information content (AvgIpc) is 2.55. The van der Waals surface area contributed by atoms with Gasteiger partial charge in [-0.25, -0.2) is 0 Å². The van der Waals surface area contributed by atoms with Crippen molar-refractivity contribution in [3.05, 3.63) is 48.0 Å². The fourth-order valence-corrected chi connectivity index (χ4v) is 2.33. The Hall–Kier alpha value is -2.43. The van der Waals surface area contributed by atoms with E-state index in [2.05, 4.69) is 0 Å². The molecule has 124 valence electrons. The molecular weight excluding hydrogens is 296 g/mol. The van der Waals surface area contributed by atoms with Crippen molar-refractivity contribution in [2.24, 2.45) is 5.92 Å². The molecule has 0 unspecified atom stereocenters. The summed E-state index contributed by atoms with van der Waals surface area (Å²) in [6.45, 7) is 3.73. The van der Waals surface area contributed by atoms with Crippen LogP contribution in [0.1, 0.15) is 31.7 Å². The highest BCUT2D eigenvalue weighted by molar-refractivity contribution is 5.96. The lowest BCUT2D eigenvalue weighted by Gasteiger charge is -2.23. The van der Waals surface area contributed by atoms with E-state index in [-0.39, 0.29) is 13.2 Å². The first-order chi connectivity index (χ1) is 11.2. The number of carbonyl (C=O) groups is 3. The molecule has 0 spiro atoms. The highest BCUT2D eigenvalue weighted by atomic mass is 16.6. The third kappa shape index (κ3) is 5.70. The number of esters is 2. The monoisotopic (exact) mass is 318 g/mol. The molecule has 0 radical (unpaired) electrons. The predicted octanol–water partition coefficient (Wildman–Crippen LogP) is 2.66. The van der Waals surface area contributed by atoms with Gasteiger partial charge in [-0.05, 0) is 31.9 Å². The van der Waals surface area contributed by atoms with Gasteiger partial charge in [-0.2, -0.15) is 0 Å². The van der Waals surface area contributed by atoms with Gasteiger partial charge in [0.25, 0.3) is 0 Å². The van der Waals surface area contributed by atoms with Crippen LogP contribution in [0.5, 0.6) is 0 Å². The molecular formula is C18H22O5. The molecule has 0 saturated heterocycles. The minimum absolute atomic E-state index is 0.181. The van der Waals surface area contributed by atoms with E-state index in [0.717, 1.165) is 5.56 Å². The van der Waals surface area contributed by atoms with Crippen LogP contribution in [-0.4, -0.2) is 31.4 Å². The van der Waals surface area contributed by atoms with Gasteiger partial charge in [0.15, 0.2) is 5.92 Å². The molecule has 0 saturated carbocycles. The van der Waals surface area contributed by atoms with Crippen molar-refractivity contribution in [1.29, 1.82) is 0 Å². The van der Waals surface area contributed by atoms with E-state index in [1.165, 1.54) is 6.08 Å². The van der Waals surface area contributed by atoms with Crippen LogP contribution in [0.15, 0.2) is 42.5 Å². The van der Waals surface area contributed by atoms with Gasteiger partial charge in [-0.3, -0.25) is 14.4 Å². The minimum Gasteiger partial charge on any atom is -0.465 e. The molecule has 0 aromatic heterocycles. The quantitative estimate of drug-likeness (QED) is 0.303. The van der Waals surface area contributed by atoms with Gasteiger partial charge >= 0.3 is 11.9 Å². The largest absolute Gasteiger partial charge is 0.465 e. The molecule has 0 aliphatic carbocycles. The zero-order valence-electron chi connectivity index (χ0n) is 13.4. The highest BCUT2D eigenvalue weighted by Crippen LogP contribution is 2.31. The standard InChI is InChI=1S/C18H22O5/c1-3-22-17(20)16(18(21)23-4-2)15(12-8-9-13-19)14-10-6-5-7-11-14/h5-11,13,15-16H,3-4,12H2,1-2H3/b9-8-/t15-/m1/s1. The van der Waals surface area contributed by atoms with Crippen LogP contribution in [0.4, 0.5) is 0 Å². The molecule has 0 fully saturated rings. The molecule has 0 aliphatic heterocycles. The number of allylic oxidation sites excluding steroid dienone is 2. The van der Waals surface area contributed by atoms with Crippen LogP contribution < -0.4 is 0 Å². The molecule has 1 aromatic carbocycles. The maximum absolute atomic E-state index is 12.3. The first-order valence-corrected chi connectivity index (χ1v) is 7.64. The first kappa shape index (κ1) is 18.6. The number of benzene rings is 1. The predicted molar refractivity (Wildman–Crippen MR) is 85.8 cm³/mol. The third-order valence-corrected chi connectivity index (χ3v) is 3.32. The van der Waals surface area contributed by atoms with E-state index in [0.29, 0.717) is 12.7 Å². The Labute approximate surface area is 136 Å². The molecule has 0 amide bonds. The van der Waals surface area contributed by atoms with Crippen LogP contribution in [0.2, 0.25) is 0 Å². The summed E-state index contributed by atoms with van der Waals surface area (Å²) in [5.74, 6) is -2.74. The van der Waals surface area contributed by atoms with Crippen molar-refractivity contribution < 1.29 is 23.9 Å². The summed E-state index contributed by atoms with van der Waals surface area (Å²) in [6.07, 6.45) is 4.00. The molecule has 1 rings (SSSR count). The Morgan fingerprint density at radius 3 is 2.09 bits per heavy atom. The topological polar surface area (TPSA) is 69.7 Å². The van der Waals surface area contributed by atoms with Crippen LogP contribution >= 0.6 is 0 Å². The van der Waals surface area contributed by atoms with E-state index in [1.54, 1.807) is 19.9 Å². The molecule has 0 heterocycles. The first-order valence-electron chi connectivity index (χ1n) is 7.64. The summed E-state index contributed by atoms with van der Waals surface area (Å²) in [6, 6.07) is 9.19. The number of hydrogen-bond acceptors (Lipinski definition) is 5. The Kier molecular flexibility index (Phi) is 8.36. The number of carbonyl (C=O) groups excluding carboxylic acids is 3. The van der Waals surface area contributed by atoms with Gasteiger partial charge in [0, 0.05) is 5.92 Å². The summed E-state index contributed by atoms with van der Waals surface area (Å²) in [4.78, 5) is 35.1. The maximum atomic E-state index is 12.3. The molecule has 0 bridgehead atoms. The van der Waals surface area contributed by atoms with E-state index in [4.69, 9.17) is 9.47 Å². The zero-order valence-corrected chi connectivity index (χ0v) is 13.4. The van der Waals surface area contributed by atoms with Crippen molar-refractivity contribution in [2.75, 3.05) is 13.2 Å².